The summed E-state index contributed by atoms with van der Waals surface area (Å²) in [6.07, 6.45) is 1.41. The van der Waals surface area contributed by atoms with Crippen molar-refractivity contribution >= 4 is 29.0 Å². The molecule has 114 valence electrons. The van der Waals surface area contributed by atoms with Crippen molar-refractivity contribution in [1.29, 1.82) is 0 Å². The van der Waals surface area contributed by atoms with Gasteiger partial charge in [-0.25, -0.2) is 0 Å². The highest BCUT2D eigenvalue weighted by Gasteiger charge is 2.27. The van der Waals surface area contributed by atoms with Crippen LogP contribution >= 0.6 is 23.2 Å². The molecule has 0 spiro atoms. The average Bonchev–Trinajstić information content (AvgIpc) is 2.50. The molecule has 0 amide bonds. The first kappa shape index (κ1) is 15.6. The molecule has 1 aliphatic rings. The number of carbonyl (C=O) groups excluding carboxylic acids is 1. The SMILES string of the molecule is CC(C)c1ccc2c(c1)C(c1ccc(Cl)c(Cl)c1)CCC2=O. The molecular formula is C19H18Cl2O. The molecule has 2 aromatic rings. The third kappa shape index (κ3) is 2.80. The second-order valence-corrected chi connectivity index (χ2v) is 7.00. The van der Waals surface area contributed by atoms with Crippen molar-refractivity contribution < 1.29 is 4.79 Å². The first-order valence-corrected chi connectivity index (χ1v) is 8.35. The van der Waals surface area contributed by atoms with Crippen molar-refractivity contribution in [3.63, 3.8) is 0 Å². The molecule has 0 saturated carbocycles. The first-order chi connectivity index (χ1) is 10.5. The van der Waals surface area contributed by atoms with E-state index < -0.39 is 0 Å². The van der Waals surface area contributed by atoms with E-state index >= 15 is 0 Å². The molecule has 0 fully saturated rings. The van der Waals surface area contributed by atoms with Gasteiger partial charge in [0.1, 0.15) is 0 Å². The van der Waals surface area contributed by atoms with Gasteiger partial charge in [0.15, 0.2) is 5.78 Å². The summed E-state index contributed by atoms with van der Waals surface area (Å²) in [5.74, 6) is 0.888. The van der Waals surface area contributed by atoms with Gasteiger partial charge in [-0.3, -0.25) is 4.79 Å². The lowest BCUT2D eigenvalue weighted by Gasteiger charge is -2.26. The molecule has 0 N–H and O–H groups in total. The molecule has 0 aromatic heterocycles. The highest BCUT2D eigenvalue weighted by atomic mass is 35.5. The Morgan fingerprint density at radius 3 is 2.50 bits per heavy atom. The van der Waals surface area contributed by atoms with Crippen LogP contribution in [-0.2, 0) is 0 Å². The number of fused-ring (bicyclic) bond motifs is 1. The van der Waals surface area contributed by atoms with E-state index in [2.05, 4.69) is 26.0 Å². The van der Waals surface area contributed by atoms with Crippen LogP contribution in [0.15, 0.2) is 36.4 Å². The Balaban J connectivity index is 2.11. The number of benzene rings is 2. The van der Waals surface area contributed by atoms with Gasteiger partial charge in [-0.05, 0) is 41.2 Å². The summed E-state index contributed by atoms with van der Waals surface area (Å²) in [4.78, 5) is 12.2. The van der Waals surface area contributed by atoms with Crippen molar-refractivity contribution in [3.05, 3.63) is 68.7 Å². The van der Waals surface area contributed by atoms with Crippen LogP contribution in [0.3, 0.4) is 0 Å². The molecule has 22 heavy (non-hydrogen) atoms. The summed E-state index contributed by atoms with van der Waals surface area (Å²) in [6, 6.07) is 12.0. The van der Waals surface area contributed by atoms with Crippen LogP contribution in [0.25, 0.3) is 0 Å². The van der Waals surface area contributed by atoms with Crippen LogP contribution in [-0.4, -0.2) is 5.78 Å². The second-order valence-electron chi connectivity index (χ2n) is 6.19. The molecule has 0 aliphatic heterocycles. The van der Waals surface area contributed by atoms with E-state index in [1.165, 1.54) is 5.56 Å². The summed E-state index contributed by atoms with van der Waals surface area (Å²) in [7, 11) is 0. The summed E-state index contributed by atoms with van der Waals surface area (Å²) in [5, 5.41) is 1.13. The zero-order valence-electron chi connectivity index (χ0n) is 12.7. The van der Waals surface area contributed by atoms with Crippen LogP contribution in [0.2, 0.25) is 10.0 Å². The highest BCUT2D eigenvalue weighted by molar-refractivity contribution is 6.42. The maximum absolute atomic E-state index is 12.2. The number of hydrogen-bond acceptors (Lipinski definition) is 1. The van der Waals surface area contributed by atoms with Crippen molar-refractivity contribution in [2.24, 2.45) is 0 Å². The van der Waals surface area contributed by atoms with E-state index in [9.17, 15) is 4.79 Å². The van der Waals surface area contributed by atoms with Crippen molar-refractivity contribution in [2.45, 2.75) is 38.5 Å². The lowest BCUT2D eigenvalue weighted by Crippen LogP contribution is -2.17. The normalized spacial score (nSPS) is 17.7. The smallest absolute Gasteiger partial charge is 0.163 e. The number of rotatable bonds is 2. The maximum atomic E-state index is 12.2. The van der Waals surface area contributed by atoms with Crippen LogP contribution in [0.5, 0.6) is 0 Å². The van der Waals surface area contributed by atoms with Gasteiger partial charge in [0.2, 0.25) is 0 Å². The summed E-state index contributed by atoms with van der Waals surface area (Å²) in [5.41, 5.74) is 4.37. The van der Waals surface area contributed by atoms with Crippen LogP contribution in [0.4, 0.5) is 0 Å². The van der Waals surface area contributed by atoms with Gasteiger partial charge in [-0.15, -0.1) is 0 Å². The Labute approximate surface area is 141 Å². The van der Waals surface area contributed by atoms with Crippen molar-refractivity contribution in [1.82, 2.24) is 0 Å². The number of halogens is 2. The van der Waals surface area contributed by atoms with Crippen molar-refractivity contribution in [2.75, 3.05) is 0 Å². The predicted octanol–water partition coefficient (Wildman–Crippen LogP) is 6.23. The van der Waals surface area contributed by atoms with Gasteiger partial charge in [0.25, 0.3) is 0 Å². The molecule has 1 aliphatic carbocycles. The zero-order chi connectivity index (χ0) is 15.9. The van der Waals surface area contributed by atoms with Crippen LogP contribution in [0.1, 0.15) is 65.6 Å². The average molecular weight is 333 g/mol. The standard InChI is InChI=1S/C19H18Cl2O/c1-11(2)12-3-5-15-16(9-12)14(6-8-19(15)22)13-4-7-17(20)18(21)10-13/h3-5,7,9-11,14H,6,8H2,1-2H3. The van der Waals surface area contributed by atoms with Gasteiger partial charge in [-0.1, -0.05) is 61.3 Å². The second kappa shape index (κ2) is 6.06. The molecule has 0 heterocycles. The van der Waals surface area contributed by atoms with Crippen molar-refractivity contribution in [3.8, 4) is 0 Å². The Kier molecular flexibility index (Phi) is 4.29. The largest absolute Gasteiger partial charge is 0.294 e. The van der Waals surface area contributed by atoms with E-state index in [4.69, 9.17) is 23.2 Å². The monoisotopic (exact) mass is 332 g/mol. The number of Topliss-reactive ketones (excluding diaryl/α,β-unsaturated/α-hetero) is 1. The molecule has 0 bridgehead atoms. The lowest BCUT2D eigenvalue weighted by atomic mass is 9.77. The zero-order valence-corrected chi connectivity index (χ0v) is 14.2. The van der Waals surface area contributed by atoms with E-state index in [-0.39, 0.29) is 11.7 Å². The molecular weight excluding hydrogens is 315 g/mol. The Hall–Kier alpha value is -1.31. The fourth-order valence-corrected chi connectivity index (χ4v) is 3.43. The minimum Gasteiger partial charge on any atom is -0.294 e. The molecule has 3 heteroatoms. The molecule has 0 saturated heterocycles. The van der Waals surface area contributed by atoms with Crippen LogP contribution < -0.4 is 0 Å². The number of carbonyl (C=O) groups is 1. The van der Waals surface area contributed by atoms with Gasteiger partial charge in [0, 0.05) is 17.9 Å². The van der Waals surface area contributed by atoms with E-state index in [0.717, 1.165) is 23.1 Å². The van der Waals surface area contributed by atoms with Gasteiger partial charge in [-0.2, -0.15) is 0 Å². The topological polar surface area (TPSA) is 17.1 Å². The summed E-state index contributed by atoms with van der Waals surface area (Å²) in [6.45, 7) is 4.33. The quantitative estimate of drug-likeness (QED) is 0.637. The maximum Gasteiger partial charge on any atom is 0.163 e. The van der Waals surface area contributed by atoms with Gasteiger partial charge in [0.05, 0.1) is 10.0 Å². The van der Waals surface area contributed by atoms with Gasteiger partial charge >= 0.3 is 0 Å². The molecule has 3 rings (SSSR count). The fraction of sp³-hybridized carbons (Fsp3) is 0.316. The predicted molar refractivity (Wildman–Crippen MR) is 92.4 cm³/mol. The van der Waals surface area contributed by atoms with E-state index in [1.807, 2.05) is 24.3 Å². The molecule has 2 aromatic carbocycles. The Morgan fingerprint density at radius 1 is 1.05 bits per heavy atom. The van der Waals surface area contributed by atoms with Crippen LogP contribution in [0, 0.1) is 0 Å². The molecule has 1 unspecified atom stereocenters. The summed E-state index contributed by atoms with van der Waals surface area (Å²) >= 11 is 12.2. The highest BCUT2D eigenvalue weighted by Crippen LogP contribution is 2.39. The third-order valence-electron chi connectivity index (χ3n) is 4.42. The number of hydrogen-bond donors (Lipinski definition) is 0. The van der Waals surface area contributed by atoms with Gasteiger partial charge < -0.3 is 0 Å². The summed E-state index contributed by atoms with van der Waals surface area (Å²) < 4.78 is 0. The Morgan fingerprint density at radius 2 is 1.82 bits per heavy atom. The van der Waals surface area contributed by atoms with E-state index in [0.29, 0.717) is 22.4 Å². The fourth-order valence-electron chi connectivity index (χ4n) is 3.12. The first-order valence-electron chi connectivity index (χ1n) is 7.59. The third-order valence-corrected chi connectivity index (χ3v) is 5.16. The minimum atomic E-state index is 0.209. The minimum absolute atomic E-state index is 0.209. The Bertz CT molecular complexity index is 734. The lowest BCUT2D eigenvalue weighted by molar-refractivity contribution is 0.0969. The molecule has 1 nitrogen and oxygen atoms in total. The number of ketones is 1. The van der Waals surface area contributed by atoms with E-state index in [1.54, 1.807) is 0 Å². The molecule has 0 radical (unpaired) electrons. The molecule has 1 atom stereocenters.